The Balaban J connectivity index is 1.20. The van der Waals surface area contributed by atoms with Crippen LogP contribution in [0.25, 0.3) is 77.2 Å². The molecule has 0 spiro atoms. The van der Waals surface area contributed by atoms with Gasteiger partial charge in [0.05, 0.1) is 5.69 Å². The topological polar surface area (TPSA) is 16.4 Å². The summed E-state index contributed by atoms with van der Waals surface area (Å²) < 4.78 is 6.89. The van der Waals surface area contributed by atoms with E-state index < -0.39 is 0 Å². The highest BCUT2D eigenvalue weighted by atomic mass is 16.3. The summed E-state index contributed by atoms with van der Waals surface area (Å²) >= 11 is 0. The maximum Gasteiger partial charge on any atom is 0.143 e. The van der Waals surface area contributed by atoms with Gasteiger partial charge in [-0.3, -0.25) is 0 Å². The van der Waals surface area contributed by atoms with Crippen LogP contribution in [0.4, 0.5) is 17.1 Å². The molecular weight excluding hydrogens is 655 g/mol. The van der Waals surface area contributed by atoms with Crippen molar-refractivity contribution < 1.29 is 4.42 Å². The number of furan rings is 1. The van der Waals surface area contributed by atoms with E-state index in [1.807, 2.05) is 0 Å². The van der Waals surface area contributed by atoms with Crippen molar-refractivity contribution in [1.29, 1.82) is 0 Å². The molecule has 10 rings (SSSR count). The number of rotatable bonds is 7. The molecule has 54 heavy (non-hydrogen) atoms. The molecule has 0 radical (unpaired) electrons. The number of anilines is 3. The fourth-order valence-electron chi connectivity index (χ4n) is 7.89. The van der Waals surface area contributed by atoms with Gasteiger partial charge in [0, 0.05) is 38.7 Å². The summed E-state index contributed by atoms with van der Waals surface area (Å²) in [6, 6.07) is 75.8. The van der Waals surface area contributed by atoms with Crippen molar-refractivity contribution in [3.8, 4) is 44.5 Å². The van der Waals surface area contributed by atoms with Crippen LogP contribution in [0.1, 0.15) is 0 Å². The summed E-state index contributed by atoms with van der Waals surface area (Å²) in [5.41, 5.74) is 14.2. The maximum atomic E-state index is 6.89. The third kappa shape index (κ3) is 5.53. The summed E-state index contributed by atoms with van der Waals surface area (Å²) in [6.45, 7) is 0. The second-order valence-electron chi connectivity index (χ2n) is 13.7. The standard InChI is InChI=1S/C52H35NO/c1-4-15-36(16-5-1)37-27-30-41(31-28-37)53(42-32-34-43(38-17-6-2-7-18-38)49(35-42)39-19-8-3-9-20-39)50-26-13-12-23-45(50)46-24-14-25-47-48-33-29-40-21-10-11-22-44(40)51(48)54-52(46)47/h1-35H. The third-order valence-corrected chi connectivity index (χ3v) is 10.5. The molecular formula is C52H35NO. The zero-order chi connectivity index (χ0) is 35.8. The highest BCUT2D eigenvalue weighted by molar-refractivity contribution is 6.17. The number of hydrogen-bond acceptors (Lipinski definition) is 2. The van der Waals surface area contributed by atoms with Crippen LogP contribution >= 0.6 is 0 Å². The summed E-state index contributed by atoms with van der Waals surface area (Å²) in [4.78, 5) is 2.39. The lowest BCUT2D eigenvalue weighted by Gasteiger charge is -2.29. The van der Waals surface area contributed by atoms with Crippen LogP contribution in [0.2, 0.25) is 0 Å². The Kier molecular flexibility index (Phi) is 7.85. The van der Waals surface area contributed by atoms with E-state index >= 15 is 0 Å². The van der Waals surface area contributed by atoms with Gasteiger partial charge in [0.1, 0.15) is 11.2 Å². The Morgan fingerprint density at radius 3 is 1.61 bits per heavy atom. The molecule has 0 saturated heterocycles. The molecule has 9 aromatic carbocycles. The molecule has 10 aromatic rings. The number of fused-ring (bicyclic) bond motifs is 5. The molecule has 254 valence electrons. The molecule has 2 nitrogen and oxygen atoms in total. The van der Waals surface area contributed by atoms with Crippen LogP contribution in [0.5, 0.6) is 0 Å². The molecule has 0 amide bonds. The van der Waals surface area contributed by atoms with Gasteiger partial charge in [0.15, 0.2) is 0 Å². The van der Waals surface area contributed by atoms with E-state index in [1.165, 1.54) is 38.8 Å². The molecule has 0 aliphatic rings. The highest BCUT2D eigenvalue weighted by Crippen LogP contribution is 2.46. The number of para-hydroxylation sites is 2. The average molecular weight is 690 g/mol. The Hall–Kier alpha value is -7.16. The molecule has 1 heterocycles. The fourth-order valence-corrected chi connectivity index (χ4v) is 7.89. The molecule has 0 bridgehead atoms. The van der Waals surface area contributed by atoms with Crippen molar-refractivity contribution in [2.45, 2.75) is 0 Å². The Morgan fingerprint density at radius 1 is 0.296 bits per heavy atom. The van der Waals surface area contributed by atoms with Gasteiger partial charge >= 0.3 is 0 Å². The SMILES string of the molecule is c1ccc(-c2ccc(N(c3ccc(-c4ccccc4)c(-c4ccccc4)c3)c3ccccc3-c3cccc4c3oc3c5ccccc5ccc43)cc2)cc1. The number of hydrogen-bond donors (Lipinski definition) is 0. The molecule has 1 aromatic heterocycles. The zero-order valence-electron chi connectivity index (χ0n) is 29.6. The van der Waals surface area contributed by atoms with Gasteiger partial charge < -0.3 is 9.32 Å². The quantitative estimate of drug-likeness (QED) is 0.166. The Labute approximate surface area is 314 Å². The van der Waals surface area contributed by atoms with E-state index in [2.05, 4.69) is 217 Å². The van der Waals surface area contributed by atoms with Crippen molar-refractivity contribution in [3.05, 3.63) is 212 Å². The van der Waals surface area contributed by atoms with Gasteiger partial charge in [-0.15, -0.1) is 0 Å². The first-order chi connectivity index (χ1) is 26.8. The van der Waals surface area contributed by atoms with Gasteiger partial charge in [-0.1, -0.05) is 176 Å². The predicted molar refractivity (Wildman–Crippen MR) is 228 cm³/mol. The molecule has 0 N–H and O–H groups in total. The first-order valence-electron chi connectivity index (χ1n) is 18.4. The summed E-state index contributed by atoms with van der Waals surface area (Å²) in [5, 5.41) is 4.53. The second kappa shape index (κ2) is 13.4. The largest absolute Gasteiger partial charge is 0.455 e. The van der Waals surface area contributed by atoms with Gasteiger partial charge in [-0.25, -0.2) is 0 Å². The molecule has 0 aliphatic carbocycles. The van der Waals surface area contributed by atoms with Crippen molar-refractivity contribution in [1.82, 2.24) is 0 Å². The molecule has 2 heteroatoms. The Morgan fingerprint density at radius 2 is 0.852 bits per heavy atom. The summed E-state index contributed by atoms with van der Waals surface area (Å²) in [5.74, 6) is 0. The van der Waals surface area contributed by atoms with E-state index in [-0.39, 0.29) is 0 Å². The van der Waals surface area contributed by atoms with Gasteiger partial charge in [-0.2, -0.15) is 0 Å². The lowest BCUT2D eigenvalue weighted by molar-refractivity contribution is 0.674. The van der Waals surface area contributed by atoms with Crippen LogP contribution in [0.15, 0.2) is 217 Å². The van der Waals surface area contributed by atoms with Crippen LogP contribution in [0, 0.1) is 0 Å². The molecule has 0 atom stereocenters. The molecule has 0 aliphatic heterocycles. The normalized spacial score (nSPS) is 11.3. The summed E-state index contributed by atoms with van der Waals surface area (Å²) in [6.07, 6.45) is 0. The van der Waals surface area contributed by atoms with Crippen LogP contribution in [-0.4, -0.2) is 0 Å². The molecule has 0 fully saturated rings. The van der Waals surface area contributed by atoms with Gasteiger partial charge in [0.2, 0.25) is 0 Å². The smallest absolute Gasteiger partial charge is 0.143 e. The van der Waals surface area contributed by atoms with E-state index in [4.69, 9.17) is 4.42 Å². The highest BCUT2D eigenvalue weighted by Gasteiger charge is 2.22. The second-order valence-corrected chi connectivity index (χ2v) is 13.7. The summed E-state index contributed by atoms with van der Waals surface area (Å²) in [7, 11) is 0. The Bertz CT molecular complexity index is 2910. The van der Waals surface area contributed by atoms with Gasteiger partial charge in [0.25, 0.3) is 0 Å². The fraction of sp³-hybridized carbons (Fsp3) is 0. The van der Waals surface area contributed by atoms with Crippen LogP contribution < -0.4 is 4.90 Å². The lowest BCUT2D eigenvalue weighted by Crippen LogP contribution is -2.11. The minimum atomic E-state index is 0.889. The van der Waals surface area contributed by atoms with Crippen molar-refractivity contribution in [3.63, 3.8) is 0 Å². The van der Waals surface area contributed by atoms with Crippen molar-refractivity contribution >= 4 is 49.8 Å². The maximum absolute atomic E-state index is 6.89. The predicted octanol–water partition coefficient (Wildman–Crippen LogP) is 14.9. The number of benzene rings is 9. The first-order valence-corrected chi connectivity index (χ1v) is 18.4. The van der Waals surface area contributed by atoms with E-state index in [1.54, 1.807) is 0 Å². The zero-order valence-corrected chi connectivity index (χ0v) is 29.6. The first kappa shape index (κ1) is 31.6. The van der Waals surface area contributed by atoms with Crippen molar-refractivity contribution in [2.24, 2.45) is 0 Å². The van der Waals surface area contributed by atoms with Crippen LogP contribution in [-0.2, 0) is 0 Å². The van der Waals surface area contributed by atoms with Crippen molar-refractivity contribution in [2.75, 3.05) is 4.90 Å². The van der Waals surface area contributed by atoms with Gasteiger partial charge in [-0.05, 0) is 75.2 Å². The van der Waals surface area contributed by atoms with Crippen LogP contribution in [0.3, 0.4) is 0 Å². The average Bonchev–Trinajstić information content (AvgIpc) is 3.65. The monoisotopic (exact) mass is 689 g/mol. The van der Waals surface area contributed by atoms with E-state index in [0.29, 0.717) is 0 Å². The van der Waals surface area contributed by atoms with E-state index in [9.17, 15) is 0 Å². The number of nitrogens with zero attached hydrogens (tertiary/aromatic N) is 1. The van der Waals surface area contributed by atoms with E-state index in [0.717, 1.165) is 55.5 Å². The minimum absolute atomic E-state index is 0.889. The molecule has 0 unspecified atom stereocenters. The minimum Gasteiger partial charge on any atom is -0.455 e. The third-order valence-electron chi connectivity index (χ3n) is 10.5. The lowest BCUT2D eigenvalue weighted by atomic mass is 9.93. The molecule has 0 saturated carbocycles.